The van der Waals surface area contributed by atoms with Gasteiger partial charge in [0.25, 0.3) is 0 Å². The minimum absolute atomic E-state index is 0.0800. The fourth-order valence-corrected chi connectivity index (χ4v) is 2.77. The Morgan fingerprint density at radius 1 is 1.35 bits per heavy atom. The first-order valence-electron chi connectivity index (χ1n) is 7.48. The lowest BCUT2D eigenvalue weighted by Gasteiger charge is -2.02. The van der Waals surface area contributed by atoms with Crippen molar-refractivity contribution in [1.29, 1.82) is 0 Å². The van der Waals surface area contributed by atoms with Gasteiger partial charge in [0.2, 0.25) is 11.8 Å². The van der Waals surface area contributed by atoms with Crippen LogP contribution in [0.5, 0.6) is 0 Å². The van der Waals surface area contributed by atoms with Crippen LogP contribution in [-0.2, 0) is 24.2 Å². The van der Waals surface area contributed by atoms with Gasteiger partial charge >= 0.3 is 5.97 Å². The Balaban J connectivity index is 1.67. The van der Waals surface area contributed by atoms with Crippen LogP contribution in [0, 0.1) is 0 Å². The van der Waals surface area contributed by atoms with Gasteiger partial charge in [-0.25, -0.2) is 4.79 Å². The zero-order valence-electron chi connectivity index (χ0n) is 12.9. The lowest BCUT2D eigenvalue weighted by Crippen LogP contribution is -2.22. The van der Waals surface area contributed by atoms with Crippen LogP contribution in [0.2, 0.25) is 0 Å². The van der Waals surface area contributed by atoms with E-state index in [-0.39, 0.29) is 10.8 Å². The Labute approximate surface area is 137 Å². The summed E-state index contributed by atoms with van der Waals surface area (Å²) in [5, 5.41) is 15.5. The molecule has 7 nitrogen and oxygen atoms in total. The molecule has 0 unspecified atom stereocenters. The second-order valence-corrected chi connectivity index (χ2v) is 6.22. The van der Waals surface area contributed by atoms with Gasteiger partial charge in [0.15, 0.2) is 5.82 Å². The van der Waals surface area contributed by atoms with E-state index >= 15 is 0 Å². The summed E-state index contributed by atoms with van der Waals surface area (Å²) in [5.74, 6) is 0.239. The summed E-state index contributed by atoms with van der Waals surface area (Å²) in [6.45, 7) is 2.39. The first kappa shape index (κ1) is 17.1. The molecular formula is C15H19N3O4S. The van der Waals surface area contributed by atoms with Crippen molar-refractivity contribution in [3.8, 4) is 0 Å². The maximum absolute atomic E-state index is 11.8. The minimum atomic E-state index is -0.949. The topological polar surface area (TPSA) is 105 Å². The van der Waals surface area contributed by atoms with Crippen molar-refractivity contribution in [2.75, 3.05) is 0 Å². The molecule has 1 amide bonds. The molecule has 8 heteroatoms. The van der Waals surface area contributed by atoms with Gasteiger partial charge in [-0.2, -0.15) is 4.98 Å². The predicted molar refractivity (Wildman–Crippen MR) is 84.4 cm³/mol. The quantitative estimate of drug-likeness (QED) is 0.728. The van der Waals surface area contributed by atoms with Gasteiger partial charge < -0.3 is 14.9 Å². The van der Waals surface area contributed by atoms with Crippen LogP contribution in [0.4, 0.5) is 0 Å². The second-order valence-electron chi connectivity index (χ2n) is 5.06. The number of carboxylic acids is 1. The first-order chi connectivity index (χ1) is 11.1. The third-order valence-corrected chi connectivity index (χ3v) is 4.18. The van der Waals surface area contributed by atoms with Gasteiger partial charge in [0, 0.05) is 24.1 Å². The average molecular weight is 337 g/mol. The molecule has 0 atom stereocenters. The third-order valence-electron chi connectivity index (χ3n) is 3.11. The van der Waals surface area contributed by atoms with Crippen molar-refractivity contribution in [2.24, 2.45) is 0 Å². The maximum atomic E-state index is 11.8. The molecular weight excluding hydrogens is 318 g/mol. The van der Waals surface area contributed by atoms with E-state index in [2.05, 4.69) is 15.5 Å². The van der Waals surface area contributed by atoms with E-state index in [9.17, 15) is 9.59 Å². The molecule has 2 aromatic heterocycles. The summed E-state index contributed by atoms with van der Waals surface area (Å²) in [6.07, 6.45) is 3.33. The van der Waals surface area contributed by atoms with Gasteiger partial charge in [-0.05, 0) is 25.0 Å². The maximum Gasteiger partial charge on any atom is 0.345 e. The number of amides is 1. The van der Waals surface area contributed by atoms with E-state index in [1.165, 1.54) is 6.07 Å². The first-order valence-corrected chi connectivity index (χ1v) is 8.30. The van der Waals surface area contributed by atoms with Gasteiger partial charge in [0.1, 0.15) is 4.88 Å². The van der Waals surface area contributed by atoms with Crippen molar-refractivity contribution in [3.05, 3.63) is 33.6 Å². The van der Waals surface area contributed by atoms with E-state index in [1.807, 2.05) is 6.92 Å². The van der Waals surface area contributed by atoms with E-state index in [4.69, 9.17) is 9.63 Å². The number of carbonyl (C=O) groups is 2. The highest BCUT2D eigenvalue weighted by Gasteiger charge is 2.09. The highest BCUT2D eigenvalue weighted by atomic mass is 32.1. The normalized spacial score (nSPS) is 10.7. The van der Waals surface area contributed by atoms with Crippen molar-refractivity contribution >= 4 is 23.2 Å². The van der Waals surface area contributed by atoms with Crippen molar-refractivity contribution in [2.45, 2.75) is 45.6 Å². The smallest absolute Gasteiger partial charge is 0.345 e. The molecule has 2 heterocycles. The van der Waals surface area contributed by atoms with Crippen LogP contribution in [0.3, 0.4) is 0 Å². The Hall–Kier alpha value is -2.22. The molecule has 2 N–H and O–H groups in total. The summed E-state index contributed by atoms with van der Waals surface area (Å²) in [4.78, 5) is 27.9. The average Bonchev–Trinajstić information content (AvgIpc) is 3.15. The standard InChI is InChI=1S/C15H19N3O4S/c1-2-4-12-17-14(22-18-12)6-3-5-13(19)16-9-10-7-8-11(23-10)15(20)21/h7-8H,2-6,9H2,1H3,(H,16,19)(H,20,21). The summed E-state index contributed by atoms with van der Waals surface area (Å²) >= 11 is 1.16. The predicted octanol–water partition coefficient (Wildman–Crippen LogP) is 2.42. The van der Waals surface area contributed by atoms with Gasteiger partial charge in [-0.3, -0.25) is 4.79 Å². The number of aryl methyl sites for hydroxylation is 2. The largest absolute Gasteiger partial charge is 0.477 e. The Morgan fingerprint density at radius 3 is 2.87 bits per heavy atom. The zero-order valence-corrected chi connectivity index (χ0v) is 13.7. The fourth-order valence-electron chi connectivity index (χ4n) is 1.98. The Morgan fingerprint density at radius 2 is 2.17 bits per heavy atom. The molecule has 0 saturated heterocycles. The van der Waals surface area contributed by atoms with Crippen LogP contribution < -0.4 is 5.32 Å². The van der Waals surface area contributed by atoms with Crippen LogP contribution in [0.25, 0.3) is 0 Å². The Bertz CT molecular complexity index is 665. The van der Waals surface area contributed by atoms with E-state index in [0.717, 1.165) is 29.1 Å². The van der Waals surface area contributed by atoms with Crippen LogP contribution in [0.15, 0.2) is 16.7 Å². The highest BCUT2D eigenvalue weighted by molar-refractivity contribution is 7.13. The number of carbonyl (C=O) groups excluding carboxylic acids is 1. The lowest BCUT2D eigenvalue weighted by atomic mass is 10.2. The number of nitrogens with zero attached hydrogens (tertiary/aromatic N) is 2. The summed E-state index contributed by atoms with van der Waals surface area (Å²) in [7, 11) is 0. The number of hydrogen-bond acceptors (Lipinski definition) is 6. The van der Waals surface area contributed by atoms with E-state index < -0.39 is 5.97 Å². The van der Waals surface area contributed by atoms with Crippen LogP contribution >= 0.6 is 11.3 Å². The molecule has 0 aliphatic heterocycles. The lowest BCUT2D eigenvalue weighted by molar-refractivity contribution is -0.121. The van der Waals surface area contributed by atoms with Gasteiger partial charge in [0.05, 0.1) is 6.54 Å². The van der Waals surface area contributed by atoms with Gasteiger partial charge in [-0.1, -0.05) is 12.1 Å². The molecule has 0 aliphatic carbocycles. The Kier molecular flexibility index (Phi) is 6.28. The molecule has 0 bridgehead atoms. The molecule has 2 rings (SSSR count). The van der Waals surface area contributed by atoms with Crippen molar-refractivity contribution in [1.82, 2.24) is 15.5 Å². The minimum Gasteiger partial charge on any atom is -0.477 e. The molecule has 2 aromatic rings. The van der Waals surface area contributed by atoms with Gasteiger partial charge in [-0.15, -0.1) is 11.3 Å². The molecule has 0 radical (unpaired) electrons. The number of nitrogens with one attached hydrogen (secondary N) is 1. The third kappa shape index (κ3) is 5.48. The SMILES string of the molecule is CCCc1noc(CCCC(=O)NCc2ccc(C(=O)O)s2)n1. The molecule has 124 valence electrons. The van der Waals surface area contributed by atoms with E-state index in [1.54, 1.807) is 6.07 Å². The van der Waals surface area contributed by atoms with Crippen molar-refractivity contribution < 1.29 is 19.2 Å². The number of aromatic carboxylic acids is 1. The monoisotopic (exact) mass is 337 g/mol. The molecule has 0 fully saturated rings. The molecule has 0 aliphatic rings. The zero-order chi connectivity index (χ0) is 16.7. The molecule has 23 heavy (non-hydrogen) atoms. The number of aromatic nitrogens is 2. The molecule has 0 spiro atoms. The number of carboxylic acid groups (broad SMARTS) is 1. The molecule has 0 saturated carbocycles. The van der Waals surface area contributed by atoms with Crippen LogP contribution in [0.1, 0.15) is 52.5 Å². The summed E-state index contributed by atoms with van der Waals surface area (Å²) in [6, 6.07) is 3.25. The number of thiophene rings is 1. The summed E-state index contributed by atoms with van der Waals surface area (Å²) < 4.78 is 5.11. The number of hydrogen-bond donors (Lipinski definition) is 2. The van der Waals surface area contributed by atoms with Crippen LogP contribution in [-0.4, -0.2) is 27.1 Å². The van der Waals surface area contributed by atoms with Crippen molar-refractivity contribution in [3.63, 3.8) is 0 Å². The highest BCUT2D eigenvalue weighted by Crippen LogP contribution is 2.16. The second kappa shape index (κ2) is 8.42. The number of rotatable bonds is 9. The van der Waals surface area contributed by atoms with E-state index in [0.29, 0.717) is 37.5 Å². The fraction of sp³-hybridized carbons (Fsp3) is 0.467. The summed E-state index contributed by atoms with van der Waals surface area (Å²) in [5.41, 5.74) is 0. The molecule has 0 aromatic carbocycles.